The minimum atomic E-state index is -0.0710. The van der Waals surface area contributed by atoms with Gasteiger partial charge in [0.15, 0.2) is 0 Å². The Morgan fingerprint density at radius 1 is 1.33 bits per heavy atom. The number of methoxy groups -OCH3 is 2. The first kappa shape index (κ1) is 13.2. The number of rotatable bonds is 6. The van der Waals surface area contributed by atoms with Crippen LogP contribution >= 0.6 is 0 Å². The van der Waals surface area contributed by atoms with Gasteiger partial charge in [-0.25, -0.2) is 0 Å². The summed E-state index contributed by atoms with van der Waals surface area (Å²) in [6.45, 7) is 2.08. The molecule has 0 heterocycles. The molecule has 1 saturated carbocycles. The predicted molar refractivity (Wildman–Crippen MR) is 70.3 cm³/mol. The number of benzene rings is 1. The molecule has 0 amide bonds. The molecule has 1 aromatic rings. The van der Waals surface area contributed by atoms with E-state index in [1.807, 2.05) is 19.1 Å². The number of hydrogen-bond donors (Lipinski definition) is 2. The SMILES string of the molecule is COc1cc(C)c(C(CO)NC2CC2)c(OC)c1. The van der Waals surface area contributed by atoms with E-state index in [2.05, 4.69) is 5.32 Å². The Labute approximate surface area is 108 Å². The Balaban J connectivity index is 2.33. The first-order valence-corrected chi connectivity index (χ1v) is 6.29. The molecule has 100 valence electrons. The van der Waals surface area contributed by atoms with E-state index < -0.39 is 0 Å². The molecule has 2 N–H and O–H groups in total. The van der Waals surface area contributed by atoms with E-state index in [1.54, 1.807) is 14.2 Å². The number of aliphatic hydroxyl groups is 1. The van der Waals surface area contributed by atoms with E-state index in [1.165, 1.54) is 12.8 Å². The van der Waals surface area contributed by atoms with Crippen molar-refractivity contribution in [2.24, 2.45) is 0 Å². The van der Waals surface area contributed by atoms with Crippen molar-refractivity contribution in [3.05, 3.63) is 23.3 Å². The van der Waals surface area contributed by atoms with Gasteiger partial charge in [0.2, 0.25) is 0 Å². The van der Waals surface area contributed by atoms with Crippen molar-refractivity contribution in [1.82, 2.24) is 5.32 Å². The van der Waals surface area contributed by atoms with Gasteiger partial charge < -0.3 is 19.9 Å². The number of aryl methyl sites for hydroxylation is 1. The van der Waals surface area contributed by atoms with Crippen LogP contribution < -0.4 is 14.8 Å². The Morgan fingerprint density at radius 2 is 2.06 bits per heavy atom. The largest absolute Gasteiger partial charge is 0.497 e. The molecule has 0 radical (unpaired) electrons. The maximum atomic E-state index is 9.58. The van der Waals surface area contributed by atoms with Crippen LogP contribution in [-0.4, -0.2) is 32.0 Å². The minimum absolute atomic E-state index is 0.0695. The van der Waals surface area contributed by atoms with Gasteiger partial charge >= 0.3 is 0 Å². The highest BCUT2D eigenvalue weighted by atomic mass is 16.5. The normalized spacial score (nSPS) is 16.4. The molecule has 0 aliphatic heterocycles. The average Bonchev–Trinajstić information content (AvgIpc) is 3.19. The maximum Gasteiger partial charge on any atom is 0.127 e. The van der Waals surface area contributed by atoms with Gasteiger partial charge in [0, 0.05) is 17.7 Å². The third-order valence-corrected chi connectivity index (χ3v) is 3.32. The molecule has 1 atom stereocenters. The van der Waals surface area contributed by atoms with E-state index in [4.69, 9.17) is 9.47 Å². The standard InChI is InChI=1S/C14H21NO3/c1-9-6-11(17-2)7-13(18-3)14(9)12(8-16)15-10-4-5-10/h6-7,10,12,15-16H,4-5,8H2,1-3H3. The fourth-order valence-corrected chi connectivity index (χ4v) is 2.23. The van der Waals surface area contributed by atoms with Gasteiger partial charge in [0.05, 0.1) is 26.9 Å². The van der Waals surface area contributed by atoms with E-state index in [9.17, 15) is 5.11 Å². The lowest BCUT2D eigenvalue weighted by Crippen LogP contribution is -2.27. The van der Waals surface area contributed by atoms with Crippen LogP contribution in [0.1, 0.15) is 30.0 Å². The summed E-state index contributed by atoms with van der Waals surface area (Å²) in [4.78, 5) is 0. The summed E-state index contributed by atoms with van der Waals surface area (Å²) in [5, 5.41) is 13.0. The van der Waals surface area contributed by atoms with Crippen LogP contribution in [0.5, 0.6) is 11.5 Å². The van der Waals surface area contributed by atoms with Crippen molar-refractivity contribution in [1.29, 1.82) is 0 Å². The lowest BCUT2D eigenvalue weighted by atomic mass is 9.99. The summed E-state index contributed by atoms with van der Waals surface area (Å²) in [6.07, 6.45) is 2.38. The van der Waals surface area contributed by atoms with Crippen LogP contribution in [0.4, 0.5) is 0 Å². The second-order valence-corrected chi connectivity index (χ2v) is 4.74. The van der Waals surface area contributed by atoms with Crippen LogP contribution in [0.25, 0.3) is 0 Å². The topological polar surface area (TPSA) is 50.7 Å². The Bertz CT molecular complexity index is 416. The molecular weight excluding hydrogens is 230 g/mol. The zero-order chi connectivity index (χ0) is 13.1. The van der Waals surface area contributed by atoms with E-state index in [-0.39, 0.29) is 12.6 Å². The Morgan fingerprint density at radius 3 is 2.56 bits per heavy atom. The summed E-state index contributed by atoms with van der Waals surface area (Å²) in [6, 6.07) is 4.29. The molecular formula is C14H21NO3. The van der Waals surface area contributed by atoms with Crippen LogP contribution in [-0.2, 0) is 0 Å². The van der Waals surface area contributed by atoms with E-state index in [0.717, 1.165) is 22.6 Å². The van der Waals surface area contributed by atoms with Gasteiger partial charge in [-0.05, 0) is 31.4 Å². The lowest BCUT2D eigenvalue weighted by Gasteiger charge is -2.22. The molecule has 1 aliphatic rings. The average molecular weight is 251 g/mol. The number of ether oxygens (including phenoxy) is 2. The molecule has 1 unspecified atom stereocenters. The first-order valence-electron chi connectivity index (χ1n) is 6.29. The summed E-state index contributed by atoms with van der Waals surface area (Å²) in [5.74, 6) is 1.54. The molecule has 0 aromatic heterocycles. The third-order valence-electron chi connectivity index (χ3n) is 3.32. The molecule has 2 rings (SSSR count). The Hall–Kier alpha value is -1.26. The molecule has 0 spiro atoms. The van der Waals surface area contributed by atoms with Gasteiger partial charge in [-0.1, -0.05) is 0 Å². The second-order valence-electron chi connectivity index (χ2n) is 4.74. The van der Waals surface area contributed by atoms with Crippen molar-refractivity contribution >= 4 is 0 Å². The van der Waals surface area contributed by atoms with Gasteiger partial charge in [0.25, 0.3) is 0 Å². The molecule has 1 aromatic carbocycles. The smallest absolute Gasteiger partial charge is 0.127 e. The molecule has 4 heteroatoms. The quantitative estimate of drug-likeness (QED) is 0.809. The number of hydrogen-bond acceptors (Lipinski definition) is 4. The highest BCUT2D eigenvalue weighted by Gasteiger charge is 2.27. The maximum absolute atomic E-state index is 9.58. The van der Waals surface area contributed by atoms with Crippen molar-refractivity contribution in [3.63, 3.8) is 0 Å². The molecule has 0 bridgehead atoms. The van der Waals surface area contributed by atoms with Gasteiger partial charge in [-0.2, -0.15) is 0 Å². The Kier molecular flexibility index (Phi) is 4.09. The van der Waals surface area contributed by atoms with E-state index >= 15 is 0 Å². The molecule has 4 nitrogen and oxygen atoms in total. The second kappa shape index (κ2) is 5.59. The van der Waals surface area contributed by atoms with Crippen LogP contribution in [0.15, 0.2) is 12.1 Å². The summed E-state index contributed by atoms with van der Waals surface area (Å²) >= 11 is 0. The van der Waals surface area contributed by atoms with E-state index in [0.29, 0.717) is 6.04 Å². The predicted octanol–water partition coefficient (Wildman–Crippen LogP) is 1.80. The molecule has 0 saturated heterocycles. The zero-order valence-electron chi connectivity index (χ0n) is 11.2. The van der Waals surface area contributed by atoms with Gasteiger partial charge in [0.1, 0.15) is 11.5 Å². The number of aliphatic hydroxyl groups excluding tert-OH is 1. The lowest BCUT2D eigenvalue weighted by molar-refractivity contribution is 0.239. The van der Waals surface area contributed by atoms with Crippen LogP contribution in [0, 0.1) is 6.92 Å². The summed E-state index contributed by atoms with van der Waals surface area (Å²) in [5.41, 5.74) is 2.09. The summed E-state index contributed by atoms with van der Waals surface area (Å²) < 4.78 is 10.7. The fourth-order valence-electron chi connectivity index (χ4n) is 2.23. The first-order chi connectivity index (χ1) is 8.69. The van der Waals surface area contributed by atoms with Crippen LogP contribution in [0.3, 0.4) is 0 Å². The molecule has 1 aliphatic carbocycles. The van der Waals surface area contributed by atoms with Gasteiger partial charge in [-0.15, -0.1) is 0 Å². The van der Waals surface area contributed by atoms with Gasteiger partial charge in [-0.3, -0.25) is 0 Å². The molecule has 18 heavy (non-hydrogen) atoms. The van der Waals surface area contributed by atoms with Crippen molar-refractivity contribution in [2.45, 2.75) is 31.8 Å². The minimum Gasteiger partial charge on any atom is -0.497 e. The third kappa shape index (κ3) is 2.76. The van der Waals surface area contributed by atoms with Crippen LogP contribution in [0.2, 0.25) is 0 Å². The van der Waals surface area contributed by atoms with Crippen molar-refractivity contribution in [3.8, 4) is 11.5 Å². The monoisotopic (exact) mass is 251 g/mol. The molecule has 1 fully saturated rings. The number of nitrogens with one attached hydrogen (secondary N) is 1. The highest BCUT2D eigenvalue weighted by molar-refractivity contribution is 5.48. The highest BCUT2D eigenvalue weighted by Crippen LogP contribution is 2.34. The fraction of sp³-hybridized carbons (Fsp3) is 0.571. The van der Waals surface area contributed by atoms with Crippen molar-refractivity contribution < 1.29 is 14.6 Å². The summed E-state index contributed by atoms with van der Waals surface area (Å²) in [7, 11) is 3.28. The zero-order valence-corrected chi connectivity index (χ0v) is 11.2. The van der Waals surface area contributed by atoms with Crippen molar-refractivity contribution in [2.75, 3.05) is 20.8 Å².